The van der Waals surface area contributed by atoms with Crippen molar-refractivity contribution in [1.29, 1.82) is 0 Å². The topological polar surface area (TPSA) is 99.2 Å². The second-order valence-electron chi connectivity index (χ2n) is 8.50. The molecule has 2 N–H and O–H groups in total. The first-order valence-corrected chi connectivity index (χ1v) is 12.0. The van der Waals surface area contributed by atoms with E-state index in [0.29, 0.717) is 21.3 Å². The summed E-state index contributed by atoms with van der Waals surface area (Å²) < 4.78 is 0. The number of halogens is 1. The maximum absolute atomic E-state index is 13.0. The van der Waals surface area contributed by atoms with E-state index in [1.54, 1.807) is 6.07 Å². The predicted octanol–water partition coefficient (Wildman–Crippen LogP) is 3.12. The van der Waals surface area contributed by atoms with Crippen molar-refractivity contribution in [2.75, 3.05) is 42.7 Å². The molecule has 31 heavy (non-hydrogen) atoms. The molecule has 1 amide bonds. The summed E-state index contributed by atoms with van der Waals surface area (Å²) in [5.41, 5.74) is 0. The molecule has 1 saturated carbocycles. The van der Waals surface area contributed by atoms with Crippen molar-refractivity contribution in [1.82, 2.24) is 25.3 Å². The smallest absolute Gasteiger partial charge is 0.243 e. The van der Waals surface area contributed by atoms with Gasteiger partial charge in [0.15, 0.2) is 11.0 Å². The normalized spacial score (nSPS) is 20.8. The van der Waals surface area contributed by atoms with Gasteiger partial charge < -0.3 is 10.2 Å². The molecule has 1 saturated heterocycles. The second-order valence-corrected chi connectivity index (χ2v) is 9.86. The van der Waals surface area contributed by atoms with Gasteiger partial charge in [0, 0.05) is 19.1 Å². The summed E-state index contributed by atoms with van der Waals surface area (Å²) in [5.74, 6) is 1.22. The third kappa shape index (κ3) is 5.61. The van der Waals surface area contributed by atoms with Crippen LogP contribution in [-0.2, 0) is 4.79 Å². The van der Waals surface area contributed by atoms with Gasteiger partial charge in [-0.15, -0.1) is 20.4 Å². The monoisotopic (exact) mass is 464 g/mol. The molecule has 2 aromatic rings. The van der Waals surface area contributed by atoms with E-state index in [9.17, 15) is 4.79 Å². The SMILES string of the molecule is CN(C)[C@H](C(=O)Nc1nnc(N[C@@H]2CCN(c3ccc(Cl)nn3)C2)s1)C1CCCCC1. The van der Waals surface area contributed by atoms with E-state index in [1.807, 2.05) is 25.1 Å². The van der Waals surface area contributed by atoms with Crippen LogP contribution in [0.5, 0.6) is 0 Å². The zero-order chi connectivity index (χ0) is 21.8. The van der Waals surface area contributed by atoms with Crippen LogP contribution in [0.25, 0.3) is 0 Å². The minimum absolute atomic E-state index is 0.00737. The molecule has 9 nitrogen and oxygen atoms in total. The predicted molar refractivity (Wildman–Crippen MR) is 124 cm³/mol. The molecule has 168 valence electrons. The molecule has 0 unspecified atom stereocenters. The Kier molecular flexibility index (Phi) is 7.19. The average molecular weight is 465 g/mol. The van der Waals surface area contributed by atoms with Crippen LogP contribution >= 0.6 is 22.9 Å². The molecule has 3 heterocycles. The van der Waals surface area contributed by atoms with Gasteiger partial charge in [-0.05, 0) is 51.4 Å². The second kappa shape index (κ2) is 10.1. The number of carbonyl (C=O) groups excluding carboxylic acids is 1. The van der Waals surface area contributed by atoms with Gasteiger partial charge in [-0.3, -0.25) is 15.0 Å². The van der Waals surface area contributed by atoms with Crippen molar-refractivity contribution >= 4 is 44.9 Å². The Morgan fingerprint density at radius 2 is 1.90 bits per heavy atom. The summed E-state index contributed by atoms with van der Waals surface area (Å²) in [6, 6.07) is 3.72. The van der Waals surface area contributed by atoms with Gasteiger partial charge in [0.25, 0.3) is 0 Å². The van der Waals surface area contributed by atoms with Crippen LogP contribution < -0.4 is 15.5 Å². The number of anilines is 3. The van der Waals surface area contributed by atoms with Crippen molar-refractivity contribution in [3.63, 3.8) is 0 Å². The van der Waals surface area contributed by atoms with E-state index in [2.05, 4.69) is 35.9 Å². The van der Waals surface area contributed by atoms with Crippen molar-refractivity contribution in [3.05, 3.63) is 17.3 Å². The number of carbonyl (C=O) groups is 1. The maximum Gasteiger partial charge on any atom is 0.243 e. The van der Waals surface area contributed by atoms with Crippen LogP contribution in [0, 0.1) is 5.92 Å². The van der Waals surface area contributed by atoms with Gasteiger partial charge in [-0.1, -0.05) is 42.2 Å². The van der Waals surface area contributed by atoms with E-state index in [1.165, 1.54) is 30.6 Å². The number of hydrogen-bond donors (Lipinski definition) is 2. The summed E-state index contributed by atoms with van der Waals surface area (Å²) in [6.45, 7) is 1.67. The minimum atomic E-state index is -0.135. The molecule has 1 aliphatic heterocycles. The Labute approximate surface area is 191 Å². The third-order valence-corrected chi connectivity index (χ3v) is 7.01. The van der Waals surface area contributed by atoms with E-state index < -0.39 is 0 Å². The third-order valence-electron chi connectivity index (χ3n) is 6.03. The van der Waals surface area contributed by atoms with E-state index in [4.69, 9.17) is 11.6 Å². The van der Waals surface area contributed by atoms with Crippen LogP contribution in [0.1, 0.15) is 38.5 Å². The molecule has 2 atom stereocenters. The van der Waals surface area contributed by atoms with Gasteiger partial charge in [0.2, 0.25) is 16.2 Å². The number of aromatic nitrogens is 4. The van der Waals surface area contributed by atoms with Gasteiger partial charge in [-0.2, -0.15) is 0 Å². The van der Waals surface area contributed by atoms with Crippen molar-refractivity contribution < 1.29 is 4.79 Å². The fraction of sp³-hybridized carbons (Fsp3) is 0.650. The van der Waals surface area contributed by atoms with Gasteiger partial charge in [0.1, 0.15) is 0 Å². The fourth-order valence-corrected chi connectivity index (χ4v) is 5.39. The number of nitrogens with one attached hydrogen (secondary N) is 2. The standard InChI is InChI=1S/C20H29ClN8OS/c1-28(2)17(13-6-4-3-5-7-13)18(30)23-20-27-26-19(31-20)22-14-10-11-29(12-14)16-9-8-15(21)24-25-16/h8-9,13-14,17H,3-7,10-12H2,1-2H3,(H,22,26)(H,23,27,30)/t14-,17+/m1/s1. The largest absolute Gasteiger partial charge is 0.355 e. The van der Waals surface area contributed by atoms with Crippen LogP contribution in [0.15, 0.2) is 12.1 Å². The molecule has 2 fully saturated rings. The fourth-order valence-electron chi connectivity index (χ4n) is 4.57. The quantitative estimate of drug-likeness (QED) is 0.644. The lowest BCUT2D eigenvalue weighted by Gasteiger charge is -2.33. The Morgan fingerprint density at radius 3 is 2.61 bits per heavy atom. The average Bonchev–Trinajstić information content (AvgIpc) is 3.39. The van der Waals surface area contributed by atoms with Crippen molar-refractivity contribution in [2.24, 2.45) is 5.92 Å². The number of nitrogens with zero attached hydrogens (tertiary/aromatic N) is 6. The molecule has 2 aliphatic rings. The first kappa shape index (κ1) is 22.2. The van der Waals surface area contributed by atoms with E-state index >= 15 is 0 Å². The highest BCUT2D eigenvalue weighted by molar-refractivity contribution is 7.19. The van der Waals surface area contributed by atoms with E-state index in [0.717, 1.165) is 38.2 Å². The molecular formula is C20H29ClN8OS. The molecule has 0 spiro atoms. The van der Waals surface area contributed by atoms with Crippen LogP contribution in [0.4, 0.5) is 16.1 Å². The highest BCUT2D eigenvalue weighted by atomic mass is 35.5. The number of rotatable bonds is 7. The Balaban J connectivity index is 1.32. The summed E-state index contributed by atoms with van der Waals surface area (Å²) >= 11 is 7.20. The summed E-state index contributed by atoms with van der Waals surface area (Å²) in [6.07, 6.45) is 6.85. The van der Waals surface area contributed by atoms with Gasteiger partial charge >= 0.3 is 0 Å². The maximum atomic E-state index is 13.0. The van der Waals surface area contributed by atoms with Gasteiger partial charge in [-0.25, -0.2) is 0 Å². The molecule has 0 bridgehead atoms. The Morgan fingerprint density at radius 1 is 1.13 bits per heavy atom. The minimum Gasteiger partial charge on any atom is -0.355 e. The lowest BCUT2D eigenvalue weighted by Crippen LogP contribution is -2.45. The molecular weight excluding hydrogens is 436 g/mol. The molecule has 1 aliphatic carbocycles. The zero-order valence-corrected chi connectivity index (χ0v) is 19.5. The van der Waals surface area contributed by atoms with Crippen molar-refractivity contribution in [3.8, 4) is 0 Å². The lowest BCUT2D eigenvalue weighted by molar-refractivity contribution is -0.122. The summed E-state index contributed by atoms with van der Waals surface area (Å²) in [7, 11) is 3.95. The first-order chi connectivity index (χ1) is 15.0. The van der Waals surface area contributed by atoms with Gasteiger partial charge in [0.05, 0.1) is 6.04 Å². The van der Waals surface area contributed by atoms with Crippen molar-refractivity contribution in [2.45, 2.75) is 50.6 Å². The highest BCUT2D eigenvalue weighted by Crippen LogP contribution is 2.30. The molecule has 0 aromatic carbocycles. The zero-order valence-electron chi connectivity index (χ0n) is 17.9. The highest BCUT2D eigenvalue weighted by Gasteiger charge is 2.32. The van der Waals surface area contributed by atoms with Crippen LogP contribution in [0.3, 0.4) is 0 Å². The molecule has 2 aromatic heterocycles. The van der Waals surface area contributed by atoms with E-state index in [-0.39, 0.29) is 18.0 Å². The number of amides is 1. The molecule has 0 radical (unpaired) electrons. The molecule has 4 rings (SSSR count). The summed E-state index contributed by atoms with van der Waals surface area (Å²) in [4.78, 5) is 17.2. The number of likely N-dealkylation sites (N-methyl/N-ethyl adjacent to an activating group) is 1. The number of hydrogen-bond acceptors (Lipinski definition) is 9. The Bertz CT molecular complexity index is 870. The molecule has 11 heteroatoms. The van der Waals surface area contributed by atoms with Crippen LogP contribution in [0.2, 0.25) is 5.15 Å². The lowest BCUT2D eigenvalue weighted by atomic mass is 9.83. The first-order valence-electron chi connectivity index (χ1n) is 10.8. The summed E-state index contributed by atoms with van der Waals surface area (Å²) in [5, 5.41) is 24.5. The van der Waals surface area contributed by atoms with Crippen LogP contribution in [-0.4, -0.2) is 70.5 Å². The Hall–Kier alpha value is -2.04.